The van der Waals surface area contributed by atoms with Gasteiger partial charge in [-0.15, -0.1) is 0 Å². The highest BCUT2D eigenvalue weighted by Gasteiger charge is 2.19. The summed E-state index contributed by atoms with van der Waals surface area (Å²) in [7, 11) is 0. The molecule has 0 bridgehead atoms. The number of aromatic nitrogens is 3. The van der Waals surface area contributed by atoms with Crippen molar-refractivity contribution in [2.75, 3.05) is 39.6 Å². The maximum atomic E-state index is 13.3. The van der Waals surface area contributed by atoms with Crippen molar-refractivity contribution in [3.8, 4) is 0 Å². The molecule has 0 spiro atoms. The van der Waals surface area contributed by atoms with Gasteiger partial charge in [0.25, 0.3) is 0 Å². The number of ether oxygens (including phenoxy) is 6. The van der Waals surface area contributed by atoms with Crippen LogP contribution in [0, 0.1) is 0 Å². The van der Waals surface area contributed by atoms with Gasteiger partial charge in [-0.05, 0) is 20.8 Å². The van der Waals surface area contributed by atoms with Crippen molar-refractivity contribution >= 4 is 53.5 Å². The second-order valence-electron chi connectivity index (χ2n) is 12.3. The number of carbonyl (C=O) groups is 9. The molecular formula is C36H48N6O18. The quantitative estimate of drug-likeness (QED) is 0.0363. The summed E-state index contributed by atoms with van der Waals surface area (Å²) in [5, 5.41) is 6.70. The first-order chi connectivity index (χ1) is 28.2. The smallest absolute Gasteiger partial charge is 0.339 e. The molecule has 0 radical (unpaired) electrons. The van der Waals surface area contributed by atoms with Crippen LogP contribution >= 0.6 is 0 Å². The van der Waals surface area contributed by atoms with E-state index < -0.39 is 129 Å². The largest absolute Gasteiger partial charge is 0.462 e. The molecule has 0 aliphatic rings. The first-order valence-electron chi connectivity index (χ1n) is 17.9. The van der Waals surface area contributed by atoms with Gasteiger partial charge >= 0.3 is 52.9 Å². The lowest BCUT2D eigenvalue weighted by Gasteiger charge is -2.15. The molecule has 0 atom stereocenters. The van der Waals surface area contributed by atoms with E-state index in [0.717, 1.165) is 0 Å². The molecule has 1 aromatic rings. The molecule has 0 fully saturated rings. The minimum Gasteiger partial charge on any atom is -0.462 e. The van der Waals surface area contributed by atoms with E-state index in [1.54, 1.807) is 0 Å². The minimum absolute atomic E-state index is 0.135. The molecule has 24 heteroatoms. The van der Waals surface area contributed by atoms with Crippen LogP contribution in [-0.2, 0) is 91.6 Å². The third-order valence-electron chi connectivity index (χ3n) is 7.14. The predicted molar refractivity (Wildman–Crippen MR) is 202 cm³/mol. The standard InChI is InChI=1S/C36H48N6O18/c1-22(2)31(49)58-16-13-55-28(46)10-7-25(43)37-19-40-34(52)41(20-38-26(44)8-11-29(47)56-14-17-59-32(50)23(3)4)36(54)42(35(40)53)21-39-27(45)9-12-30(48)57-15-18-60-33(51)24(5)6/h1,3,5,7-21H2,2,4,6H3,(H,37,43)(H,38,44)(H,39,45). The normalized spacial score (nSPS) is 10.2. The van der Waals surface area contributed by atoms with E-state index in [0.29, 0.717) is 13.7 Å². The van der Waals surface area contributed by atoms with E-state index in [1.165, 1.54) is 20.8 Å². The van der Waals surface area contributed by atoms with Crippen molar-refractivity contribution < 1.29 is 71.6 Å². The topological polar surface area (TPSA) is 311 Å². The Morgan fingerprint density at radius 3 is 0.833 bits per heavy atom. The molecule has 3 amide bonds. The van der Waals surface area contributed by atoms with Crippen LogP contribution in [-0.4, -0.2) is 107 Å². The fraction of sp³-hybridized carbons (Fsp3) is 0.500. The molecule has 0 unspecified atom stereocenters. The average molecular weight is 853 g/mol. The Morgan fingerprint density at radius 1 is 0.400 bits per heavy atom. The fourth-order valence-electron chi connectivity index (χ4n) is 3.96. The zero-order chi connectivity index (χ0) is 45.4. The lowest BCUT2D eigenvalue weighted by molar-refractivity contribution is -0.150. The number of nitrogens with zero attached hydrogens (tertiary/aromatic N) is 3. The molecule has 330 valence electrons. The maximum Gasteiger partial charge on any atom is 0.339 e. The average Bonchev–Trinajstić information content (AvgIpc) is 3.19. The van der Waals surface area contributed by atoms with Crippen molar-refractivity contribution in [1.29, 1.82) is 0 Å². The Morgan fingerprint density at radius 2 is 0.617 bits per heavy atom. The Labute approximate surface area is 341 Å². The molecule has 1 heterocycles. The van der Waals surface area contributed by atoms with Crippen LogP contribution in [0.1, 0.15) is 59.3 Å². The van der Waals surface area contributed by atoms with E-state index in [1.807, 2.05) is 0 Å². The molecular weight excluding hydrogens is 804 g/mol. The van der Waals surface area contributed by atoms with Crippen molar-refractivity contribution in [3.63, 3.8) is 0 Å². The summed E-state index contributed by atoms with van der Waals surface area (Å²) in [6, 6.07) is 0. The number of hydrogen-bond donors (Lipinski definition) is 3. The maximum absolute atomic E-state index is 13.3. The molecule has 0 saturated carbocycles. The summed E-state index contributed by atoms with van der Waals surface area (Å²) in [6.45, 7) is 10.2. The van der Waals surface area contributed by atoms with Gasteiger partial charge in [-0.25, -0.2) is 42.5 Å². The Balaban J connectivity index is 2.99. The van der Waals surface area contributed by atoms with Crippen LogP contribution in [0.15, 0.2) is 50.8 Å². The molecule has 0 aromatic carbocycles. The van der Waals surface area contributed by atoms with Gasteiger partial charge in [-0.2, -0.15) is 0 Å². The van der Waals surface area contributed by atoms with E-state index in [2.05, 4.69) is 35.7 Å². The van der Waals surface area contributed by atoms with E-state index >= 15 is 0 Å². The predicted octanol–water partition coefficient (Wildman–Crippen LogP) is -2.28. The number of rotatable bonds is 27. The molecule has 1 rings (SSSR count). The van der Waals surface area contributed by atoms with Crippen molar-refractivity contribution in [3.05, 3.63) is 67.9 Å². The molecule has 1 aromatic heterocycles. The highest BCUT2D eigenvalue weighted by molar-refractivity contribution is 5.88. The van der Waals surface area contributed by atoms with Gasteiger partial charge < -0.3 is 44.4 Å². The van der Waals surface area contributed by atoms with Gasteiger partial charge in [0.05, 0.1) is 19.3 Å². The number of carbonyl (C=O) groups excluding carboxylic acids is 9. The summed E-state index contributed by atoms with van der Waals surface area (Å²) < 4.78 is 30.1. The molecule has 0 aliphatic heterocycles. The SMILES string of the molecule is C=C(C)C(=O)OCCOC(=O)CCC(=O)NCn1c(=O)n(CNC(=O)CCC(=O)OCCOC(=O)C(=C)C)c(=O)n(CNC(=O)CCC(=O)OCCOC(=O)C(=C)C)c1=O. The lowest BCUT2D eigenvalue weighted by atomic mass is 10.3. The van der Waals surface area contributed by atoms with Crippen molar-refractivity contribution in [2.45, 2.75) is 79.3 Å². The molecule has 0 aliphatic carbocycles. The van der Waals surface area contributed by atoms with Crippen LogP contribution in [0.4, 0.5) is 0 Å². The summed E-state index contributed by atoms with van der Waals surface area (Å²) >= 11 is 0. The van der Waals surface area contributed by atoms with E-state index in [-0.39, 0.29) is 56.4 Å². The van der Waals surface area contributed by atoms with E-state index in [9.17, 15) is 57.5 Å². The molecule has 0 saturated heterocycles. The summed E-state index contributed by atoms with van der Waals surface area (Å²) in [5.41, 5.74) is -3.56. The highest BCUT2D eigenvalue weighted by Crippen LogP contribution is 1.99. The van der Waals surface area contributed by atoms with Gasteiger partial charge in [0, 0.05) is 36.0 Å². The van der Waals surface area contributed by atoms with Crippen LogP contribution < -0.4 is 33.0 Å². The van der Waals surface area contributed by atoms with Crippen LogP contribution in [0.5, 0.6) is 0 Å². The zero-order valence-electron chi connectivity index (χ0n) is 33.4. The van der Waals surface area contributed by atoms with Crippen molar-refractivity contribution in [1.82, 2.24) is 29.7 Å². The first-order valence-corrected chi connectivity index (χ1v) is 17.9. The number of nitrogens with one attached hydrogen (secondary N) is 3. The third-order valence-corrected chi connectivity index (χ3v) is 7.14. The molecule has 24 nitrogen and oxygen atoms in total. The Hall–Kier alpha value is -7.14. The number of amides is 3. The summed E-state index contributed by atoms with van der Waals surface area (Å²) in [6.07, 6.45) is -2.81. The second-order valence-corrected chi connectivity index (χ2v) is 12.3. The zero-order valence-corrected chi connectivity index (χ0v) is 33.4. The Kier molecular flexibility index (Phi) is 22.7. The van der Waals surface area contributed by atoms with Gasteiger partial charge in [-0.3, -0.25) is 28.8 Å². The van der Waals surface area contributed by atoms with Crippen LogP contribution in [0.2, 0.25) is 0 Å². The summed E-state index contributed by atoms with van der Waals surface area (Å²) in [5.74, 6) is -7.15. The van der Waals surface area contributed by atoms with Gasteiger partial charge in [0.1, 0.15) is 59.6 Å². The number of hydrogen-bond acceptors (Lipinski definition) is 18. The highest BCUT2D eigenvalue weighted by atomic mass is 16.6. The Bertz CT molecular complexity index is 1760. The lowest BCUT2D eigenvalue weighted by Crippen LogP contribution is -2.58. The van der Waals surface area contributed by atoms with Crippen LogP contribution in [0.3, 0.4) is 0 Å². The van der Waals surface area contributed by atoms with Crippen LogP contribution in [0.25, 0.3) is 0 Å². The van der Waals surface area contributed by atoms with E-state index in [4.69, 9.17) is 28.4 Å². The fourth-order valence-corrected chi connectivity index (χ4v) is 3.96. The second kappa shape index (κ2) is 26.7. The monoisotopic (exact) mass is 852 g/mol. The molecule has 3 N–H and O–H groups in total. The minimum atomic E-state index is -1.32. The van der Waals surface area contributed by atoms with Crippen molar-refractivity contribution in [2.24, 2.45) is 0 Å². The van der Waals surface area contributed by atoms with Gasteiger partial charge in [-0.1, -0.05) is 19.7 Å². The van der Waals surface area contributed by atoms with Gasteiger partial charge in [0.15, 0.2) is 0 Å². The summed E-state index contributed by atoms with van der Waals surface area (Å²) in [4.78, 5) is 148. The molecule has 60 heavy (non-hydrogen) atoms. The third kappa shape index (κ3) is 19.8. The van der Waals surface area contributed by atoms with Gasteiger partial charge in [0.2, 0.25) is 17.7 Å². The number of esters is 6. The first kappa shape index (κ1) is 50.9.